The van der Waals surface area contributed by atoms with Crippen LogP contribution in [0.15, 0.2) is 72.8 Å². The molecule has 5 nitrogen and oxygen atoms in total. The molecule has 0 saturated carbocycles. The van der Waals surface area contributed by atoms with Crippen LogP contribution in [-0.2, 0) is 20.6 Å². The fourth-order valence-electron chi connectivity index (χ4n) is 4.40. The van der Waals surface area contributed by atoms with Gasteiger partial charge in [0.05, 0.1) is 23.0 Å². The molecule has 0 aromatic heterocycles. The van der Waals surface area contributed by atoms with Gasteiger partial charge >= 0.3 is 6.18 Å². The number of aryl methyl sites for hydroxylation is 1. The third kappa shape index (κ3) is 3.73. The number of rotatable bonds is 3. The van der Waals surface area contributed by atoms with Crippen molar-refractivity contribution >= 4 is 34.8 Å². The van der Waals surface area contributed by atoms with Gasteiger partial charge in [-0.1, -0.05) is 47.5 Å². The van der Waals surface area contributed by atoms with Crippen molar-refractivity contribution in [3.05, 3.63) is 94.5 Å². The molecule has 2 saturated heterocycles. The molecule has 0 unspecified atom stereocenters. The van der Waals surface area contributed by atoms with Crippen LogP contribution in [0.25, 0.3) is 0 Å². The fraction of sp³-hybridized carbons (Fsp3) is 0.200. The normalized spacial score (nSPS) is 22.4. The van der Waals surface area contributed by atoms with Gasteiger partial charge in [-0.15, -0.1) is 0 Å². The number of hydrogen-bond acceptors (Lipinski definition) is 4. The van der Waals surface area contributed by atoms with Gasteiger partial charge in [0.15, 0.2) is 6.10 Å². The second kappa shape index (κ2) is 8.14. The molecule has 3 aromatic carbocycles. The maximum absolute atomic E-state index is 13.5. The van der Waals surface area contributed by atoms with E-state index < -0.39 is 41.6 Å². The van der Waals surface area contributed by atoms with Gasteiger partial charge < -0.3 is 0 Å². The van der Waals surface area contributed by atoms with Crippen LogP contribution >= 0.6 is 11.6 Å². The zero-order valence-electron chi connectivity index (χ0n) is 17.8. The highest BCUT2D eigenvalue weighted by atomic mass is 35.5. The molecule has 0 N–H and O–H groups in total. The molecule has 3 atom stereocenters. The minimum Gasteiger partial charge on any atom is -0.273 e. The second-order valence-corrected chi connectivity index (χ2v) is 8.71. The van der Waals surface area contributed by atoms with Gasteiger partial charge in [-0.2, -0.15) is 13.2 Å². The largest absolute Gasteiger partial charge is 0.416 e. The lowest BCUT2D eigenvalue weighted by molar-refractivity contribution is -0.137. The summed E-state index contributed by atoms with van der Waals surface area (Å²) < 4.78 is 39.7. The van der Waals surface area contributed by atoms with Crippen LogP contribution in [0.5, 0.6) is 0 Å². The number of carbonyl (C=O) groups is 2. The summed E-state index contributed by atoms with van der Waals surface area (Å²) in [6.07, 6.45) is -5.78. The number of amides is 2. The predicted molar refractivity (Wildman–Crippen MR) is 120 cm³/mol. The van der Waals surface area contributed by atoms with Crippen LogP contribution in [0.3, 0.4) is 0 Å². The van der Waals surface area contributed by atoms with Gasteiger partial charge in [0.25, 0.3) is 5.91 Å². The summed E-state index contributed by atoms with van der Waals surface area (Å²) >= 11 is 6.01. The van der Waals surface area contributed by atoms with E-state index in [4.69, 9.17) is 16.4 Å². The van der Waals surface area contributed by atoms with E-state index in [1.165, 1.54) is 17.2 Å². The Balaban J connectivity index is 1.57. The number of nitrogens with zero attached hydrogens (tertiary/aromatic N) is 2. The van der Waals surface area contributed by atoms with Gasteiger partial charge in [-0.25, -0.2) is 9.96 Å². The number of hydroxylamine groups is 1. The van der Waals surface area contributed by atoms with E-state index in [0.717, 1.165) is 28.2 Å². The number of fused-ring (bicyclic) bond motifs is 1. The van der Waals surface area contributed by atoms with E-state index in [1.807, 2.05) is 31.2 Å². The van der Waals surface area contributed by atoms with Gasteiger partial charge in [-0.3, -0.25) is 14.4 Å². The lowest BCUT2D eigenvalue weighted by atomic mass is 9.90. The first-order valence-electron chi connectivity index (χ1n) is 10.5. The van der Waals surface area contributed by atoms with Crippen LogP contribution in [0, 0.1) is 12.8 Å². The molecule has 0 bridgehead atoms. The Morgan fingerprint density at radius 3 is 2.21 bits per heavy atom. The van der Waals surface area contributed by atoms with Crippen LogP contribution in [0.2, 0.25) is 5.02 Å². The molecule has 2 aliphatic heterocycles. The second-order valence-electron chi connectivity index (χ2n) is 8.27. The Morgan fingerprint density at radius 2 is 1.56 bits per heavy atom. The molecule has 2 amide bonds. The highest BCUT2D eigenvalue weighted by molar-refractivity contribution is 6.30. The molecular formula is C25H18ClF3N2O3. The highest BCUT2D eigenvalue weighted by Crippen LogP contribution is 2.48. The third-order valence-corrected chi connectivity index (χ3v) is 6.30. The monoisotopic (exact) mass is 486 g/mol. The van der Waals surface area contributed by atoms with Crippen LogP contribution in [0.4, 0.5) is 24.5 Å². The molecule has 0 radical (unpaired) electrons. The van der Waals surface area contributed by atoms with Crippen molar-refractivity contribution in [2.24, 2.45) is 5.92 Å². The first-order chi connectivity index (χ1) is 16.1. The smallest absolute Gasteiger partial charge is 0.273 e. The molecule has 2 fully saturated rings. The number of carbonyl (C=O) groups excluding carboxylic acids is 2. The molecule has 2 heterocycles. The molecule has 34 heavy (non-hydrogen) atoms. The Labute approximate surface area is 198 Å². The number of benzene rings is 3. The molecular weight excluding hydrogens is 469 g/mol. The van der Waals surface area contributed by atoms with Crippen LogP contribution in [0.1, 0.15) is 22.7 Å². The van der Waals surface area contributed by atoms with E-state index in [2.05, 4.69) is 0 Å². The highest BCUT2D eigenvalue weighted by Gasteiger charge is 2.60. The Bertz CT molecular complexity index is 1260. The first kappa shape index (κ1) is 22.4. The zero-order valence-corrected chi connectivity index (χ0v) is 18.5. The maximum Gasteiger partial charge on any atom is 0.416 e. The van der Waals surface area contributed by atoms with Crippen LogP contribution in [-0.4, -0.2) is 17.9 Å². The minimum absolute atomic E-state index is 0.136. The van der Waals surface area contributed by atoms with Gasteiger partial charge in [-0.05, 0) is 55.0 Å². The van der Waals surface area contributed by atoms with Crippen molar-refractivity contribution in [2.75, 3.05) is 9.96 Å². The topological polar surface area (TPSA) is 49.9 Å². The van der Waals surface area contributed by atoms with E-state index in [9.17, 15) is 22.8 Å². The standard InChI is InChI=1S/C25H18ClF3N2O3/c1-14-5-7-15(8-6-14)21-20-22(34-31(21)18-11-9-17(26)10-12-18)24(33)30(23(20)32)19-4-2-3-16(13-19)25(27,28)29/h2-13,20-22H,1H3/t20-,21+,22+/m0/s1. The molecule has 5 rings (SSSR count). The van der Waals surface area contributed by atoms with Gasteiger partial charge in [0.1, 0.15) is 5.92 Å². The third-order valence-electron chi connectivity index (χ3n) is 6.05. The Hall–Kier alpha value is -3.36. The Morgan fingerprint density at radius 1 is 0.882 bits per heavy atom. The lowest BCUT2D eigenvalue weighted by Gasteiger charge is -2.29. The van der Waals surface area contributed by atoms with Crippen molar-refractivity contribution in [3.63, 3.8) is 0 Å². The summed E-state index contributed by atoms with van der Waals surface area (Å²) in [6.45, 7) is 1.92. The number of alkyl halides is 3. The molecule has 0 spiro atoms. The average Bonchev–Trinajstić information content (AvgIpc) is 3.30. The maximum atomic E-state index is 13.5. The summed E-state index contributed by atoms with van der Waals surface area (Å²) in [5, 5.41) is 2.02. The minimum atomic E-state index is -4.61. The fourth-order valence-corrected chi connectivity index (χ4v) is 4.53. The summed E-state index contributed by atoms with van der Waals surface area (Å²) in [7, 11) is 0. The van der Waals surface area contributed by atoms with Gasteiger partial charge in [0, 0.05) is 5.02 Å². The predicted octanol–water partition coefficient (Wildman–Crippen LogP) is 5.72. The summed E-state index contributed by atoms with van der Waals surface area (Å²) in [6, 6.07) is 17.7. The number of imide groups is 1. The van der Waals surface area contributed by atoms with Gasteiger partial charge in [0.2, 0.25) is 5.91 Å². The van der Waals surface area contributed by atoms with Crippen molar-refractivity contribution in [1.29, 1.82) is 0 Å². The van der Waals surface area contributed by atoms with Crippen molar-refractivity contribution < 1.29 is 27.6 Å². The summed E-state index contributed by atoms with van der Waals surface area (Å²) in [5.74, 6) is -2.26. The molecule has 174 valence electrons. The van der Waals surface area contributed by atoms with E-state index >= 15 is 0 Å². The first-order valence-corrected chi connectivity index (χ1v) is 10.9. The quantitative estimate of drug-likeness (QED) is 0.444. The summed E-state index contributed by atoms with van der Waals surface area (Å²) in [5.41, 5.74) is 1.26. The summed E-state index contributed by atoms with van der Waals surface area (Å²) in [4.78, 5) is 33.6. The number of halogens is 4. The molecule has 0 aliphatic carbocycles. The average molecular weight is 487 g/mol. The van der Waals surface area contributed by atoms with E-state index in [1.54, 1.807) is 24.3 Å². The SMILES string of the molecule is Cc1ccc([C@@H]2[C@@H]3C(=O)N(c4cccc(C(F)(F)F)c4)C(=O)[C@@H]3ON2c2ccc(Cl)cc2)cc1. The number of hydrogen-bond donors (Lipinski definition) is 0. The zero-order chi connectivity index (χ0) is 24.2. The van der Waals surface area contributed by atoms with E-state index in [-0.39, 0.29) is 5.69 Å². The Kier molecular flexibility index (Phi) is 5.37. The van der Waals surface area contributed by atoms with Crippen molar-refractivity contribution in [3.8, 4) is 0 Å². The van der Waals surface area contributed by atoms with E-state index in [0.29, 0.717) is 10.7 Å². The lowest BCUT2D eigenvalue weighted by Crippen LogP contribution is -2.37. The number of anilines is 2. The molecule has 9 heteroatoms. The van der Waals surface area contributed by atoms with Crippen molar-refractivity contribution in [1.82, 2.24) is 0 Å². The molecule has 2 aliphatic rings. The molecule has 3 aromatic rings. The van der Waals surface area contributed by atoms with Crippen molar-refractivity contribution in [2.45, 2.75) is 25.2 Å². The van der Waals surface area contributed by atoms with Crippen LogP contribution < -0.4 is 9.96 Å².